The van der Waals surface area contributed by atoms with Crippen molar-refractivity contribution in [2.45, 2.75) is 24.8 Å². The minimum Gasteiger partial charge on any atom is -0.488 e. The van der Waals surface area contributed by atoms with Crippen LogP contribution in [0.25, 0.3) is 0 Å². The lowest BCUT2D eigenvalue weighted by molar-refractivity contribution is 0.0253. The van der Waals surface area contributed by atoms with Gasteiger partial charge in [0, 0.05) is 18.4 Å². The van der Waals surface area contributed by atoms with Gasteiger partial charge in [-0.05, 0) is 6.07 Å². The van der Waals surface area contributed by atoms with Gasteiger partial charge in [0.25, 0.3) is 0 Å². The Kier molecular flexibility index (Phi) is 4.33. The molecule has 1 heterocycles. The molecule has 88 valence electrons. The minimum atomic E-state index is 0.190. The van der Waals surface area contributed by atoms with Crippen LogP contribution in [-0.4, -0.2) is 19.3 Å². The van der Waals surface area contributed by atoms with Crippen LogP contribution in [0.1, 0.15) is 18.4 Å². The highest BCUT2D eigenvalue weighted by atomic mass is 35.5. The third-order valence-electron chi connectivity index (χ3n) is 2.65. The number of ether oxygens (including phenoxy) is 2. The topological polar surface area (TPSA) is 18.5 Å². The van der Waals surface area contributed by atoms with Crippen molar-refractivity contribution in [3.05, 3.63) is 28.8 Å². The second kappa shape index (κ2) is 5.76. The van der Waals surface area contributed by atoms with Gasteiger partial charge >= 0.3 is 0 Å². The normalized spacial score (nSPS) is 17.4. The van der Waals surface area contributed by atoms with Gasteiger partial charge in [-0.2, -0.15) is 0 Å². The quantitative estimate of drug-likeness (QED) is 0.773. The molecule has 0 aliphatic carbocycles. The Morgan fingerprint density at radius 3 is 2.75 bits per heavy atom. The molecule has 1 aromatic rings. The Morgan fingerprint density at radius 1 is 1.31 bits per heavy atom. The third-order valence-corrected chi connectivity index (χ3v) is 3.23. The van der Waals surface area contributed by atoms with Crippen LogP contribution in [0, 0.1) is 0 Å². The van der Waals surface area contributed by atoms with Crippen LogP contribution < -0.4 is 4.74 Å². The molecule has 0 saturated carbocycles. The fourth-order valence-corrected chi connectivity index (χ4v) is 2.20. The summed E-state index contributed by atoms with van der Waals surface area (Å²) >= 11 is 12.0. The van der Waals surface area contributed by atoms with Crippen molar-refractivity contribution >= 4 is 23.2 Å². The zero-order valence-corrected chi connectivity index (χ0v) is 10.4. The van der Waals surface area contributed by atoms with E-state index >= 15 is 0 Å². The number of alkyl halides is 1. The lowest BCUT2D eigenvalue weighted by Gasteiger charge is -2.24. The first-order valence-corrected chi connectivity index (χ1v) is 6.30. The molecule has 0 N–H and O–H groups in total. The first-order chi connectivity index (χ1) is 7.81. The summed E-state index contributed by atoms with van der Waals surface area (Å²) in [5, 5.41) is 0.629. The average molecular weight is 261 g/mol. The maximum absolute atomic E-state index is 6.11. The molecule has 0 amide bonds. The zero-order chi connectivity index (χ0) is 11.4. The van der Waals surface area contributed by atoms with Crippen LogP contribution in [0.2, 0.25) is 5.02 Å². The van der Waals surface area contributed by atoms with Crippen molar-refractivity contribution < 1.29 is 9.47 Å². The summed E-state index contributed by atoms with van der Waals surface area (Å²) in [6.07, 6.45) is 2.01. The van der Waals surface area contributed by atoms with Crippen LogP contribution >= 0.6 is 23.2 Å². The SMILES string of the molecule is ClCc1cccc(Cl)c1OC1CCOCC1. The van der Waals surface area contributed by atoms with E-state index in [9.17, 15) is 0 Å². The molecule has 0 aromatic heterocycles. The van der Waals surface area contributed by atoms with Gasteiger partial charge in [-0.3, -0.25) is 0 Å². The number of benzene rings is 1. The standard InChI is InChI=1S/C12H14Cl2O2/c13-8-9-2-1-3-11(14)12(9)16-10-4-6-15-7-5-10/h1-3,10H,4-8H2. The second-order valence-corrected chi connectivity index (χ2v) is 4.47. The number of para-hydroxylation sites is 1. The smallest absolute Gasteiger partial charge is 0.142 e. The maximum atomic E-state index is 6.11. The molecule has 1 aliphatic rings. The van der Waals surface area contributed by atoms with Gasteiger partial charge in [-0.15, -0.1) is 11.6 Å². The summed E-state index contributed by atoms with van der Waals surface area (Å²) in [5.74, 6) is 1.14. The Morgan fingerprint density at radius 2 is 2.06 bits per heavy atom. The van der Waals surface area contributed by atoms with E-state index in [0.717, 1.165) is 37.4 Å². The Hall–Kier alpha value is -0.440. The van der Waals surface area contributed by atoms with Crippen LogP contribution in [0.3, 0.4) is 0 Å². The average Bonchev–Trinajstić information content (AvgIpc) is 2.33. The van der Waals surface area contributed by atoms with E-state index < -0.39 is 0 Å². The van der Waals surface area contributed by atoms with Crippen molar-refractivity contribution in [2.24, 2.45) is 0 Å². The summed E-state index contributed by atoms with van der Waals surface area (Å²) in [6.45, 7) is 1.51. The summed E-state index contributed by atoms with van der Waals surface area (Å²) in [5.41, 5.74) is 0.945. The highest BCUT2D eigenvalue weighted by molar-refractivity contribution is 6.32. The van der Waals surface area contributed by atoms with Gasteiger partial charge in [-0.25, -0.2) is 0 Å². The Labute approximate surface area is 105 Å². The highest BCUT2D eigenvalue weighted by Crippen LogP contribution is 2.31. The molecule has 0 radical (unpaired) electrons. The van der Waals surface area contributed by atoms with Crippen molar-refractivity contribution in [3.63, 3.8) is 0 Å². The predicted octanol–water partition coefficient (Wildman–Crippen LogP) is 3.64. The largest absolute Gasteiger partial charge is 0.488 e. The Balaban J connectivity index is 2.12. The van der Waals surface area contributed by atoms with Crippen molar-refractivity contribution in [3.8, 4) is 5.75 Å². The lowest BCUT2D eigenvalue weighted by atomic mass is 10.1. The summed E-state index contributed by atoms with van der Waals surface area (Å²) in [7, 11) is 0. The second-order valence-electron chi connectivity index (χ2n) is 3.79. The van der Waals surface area contributed by atoms with Crippen molar-refractivity contribution in [2.75, 3.05) is 13.2 Å². The number of halogens is 2. The van der Waals surface area contributed by atoms with Gasteiger partial charge in [0.05, 0.1) is 24.1 Å². The fourth-order valence-electron chi connectivity index (χ4n) is 1.75. The van der Waals surface area contributed by atoms with Gasteiger partial charge < -0.3 is 9.47 Å². The fraction of sp³-hybridized carbons (Fsp3) is 0.500. The molecule has 1 saturated heterocycles. The zero-order valence-electron chi connectivity index (χ0n) is 8.92. The van der Waals surface area contributed by atoms with E-state index in [0.29, 0.717) is 10.9 Å². The first kappa shape index (κ1) is 12.0. The molecule has 1 aromatic carbocycles. The molecule has 0 unspecified atom stereocenters. The predicted molar refractivity (Wildman–Crippen MR) is 65.5 cm³/mol. The maximum Gasteiger partial charge on any atom is 0.142 e. The van der Waals surface area contributed by atoms with Crippen molar-refractivity contribution in [1.29, 1.82) is 0 Å². The molecule has 4 heteroatoms. The molecular weight excluding hydrogens is 247 g/mol. The highest BCUT2D eigenvalue weighted by Gasteiger charge is 2.18. The van der Waals surface area contributed by atoms with E-state index in [2.05, 4.69) is 0 Å². The molecule has 0 bridgehead atoms. The van der Waals surface area contributed by atoms with Crippen LogP contribution in [0.4, 0.5) is 0 Å². The molecule has 2 rings (SSSR count). The van der Waals surface area contributed by atoms with Crippen LogP contribution in [0.5, 0.6) is 5.75 Å². The van der Waals surface area contributed by atoms with E-state index in [1.165, 1.54) is 0 Å². The van der Waals surface area contributed by atoms with E-state index in [1.807, 2.05) is 18.2 Å². The number of hydrogen-bond acceptors (Lipinski definition) is 2. The molecule has 0 spiro atoms. The number of rotatable bonds is 3. The van der Waals surface area contributed by atoms with E-state index in [4.69, 9.17) is 32.7 Å². The molecule has 1 fully saturated rings. The monoisotopic (exact) mass is 260 g/mol. The van der Waals surface area contributed by atoms with Crippen LogP contribution in [0.15, 0.2) is 18.2 Å². The lowest BCUT2D eigenvalue weighted by Crippen LogP contribution is -2.26. The summed E-state index contributed by atoms with van der Waals surface area (Å²) in [6, 6.07) is 5.65. The molecule has 16 heavy (non-hydrogen) atoms. The van der Waals surface area contributed by atoms with E-state index in [1.54, 1.807) is 0 Å². The summed E-state index contributed by atoms with van der Waals surface area (Å²) in [4.78, 5) is 0. The van der Waals surface area contributed by atoms with Gasteiger partial charge in [0.1, 0.15) is 11.9 Å². The van der Waals surface area contributed by atoms with Gasteiger partial charge in [0.15, 0.2) is 0 Å². The Bertz CT molecular complexity index is 349. The summed E-state index contributed by atoms with van der Waals surface area (Å²) < 4.78 is 11.2. The molecule has 1 aliphatic heterocycles. The molecular formula is C12H14Cl2O2. The van der Waals surface area contributed by atoms with E-state index in [-0.39, 0.29) is 6.10 Å². The first-order valence-electron chi connectivity index (χ1n) is 5.39. The number of hydrogen-bond donors (Lipinski definition) is 0. The van der Waals surface area contributed by atoms with Gasteiger partial charge in [0.2, 0.25) is 0 Å². The third kappa shape index (κ3) is 2.82. The van der Waals surface area contributed by atoms with Crippen molar-refractivity contribution in [1.82, 2.24) is 0 Å². The molecule has 0 atom stereocenters. The molecule has 2 nitrogen and oxygen atoms in total. The van der Waals surface area contributed by atoms with Crippen LogP contribution in [-0.2, 0) is 10.6 Å². The minimum absolute atomic E-state index is 0.190. The van der Waals surface area contributed by atoms with Gasteiger partial charge in [-0.1, -0.05) is 23.7 Å².